The van der Waals surface area contributed by atoms with E-state index in [0.29, 0.717) is 12.5 Å². The van der Waals surface area contributed by atoms with Gasteiger partial charge in [-0.25, -0.2) is 9.67 Å². The number of alkyl halides is 3. The van der Waals surface area contributed by atoms with Crippen molar-refractivity contribution in [3.05, 3.63) is 29.8 Å². The molecule has 2 heterocycles. The molecule has 1 N–H and O–H groups in total. The van der Waals surface area contributed by atoms with Gasteiger partial charge in [0.25, 0.3) is 5.91 Å². The molecule has 1 saturated carbocycles. The molecule has 7 nitrogen and oxygen atoms in total. The summed E-state index contributed by atoms with van der Waals surface area (Å²) >= 11 is 0. The Bertz CT molecular complexity index is 755. The van der Waals surface area contributed by atoms with E-state index in [-0.39, 0.29) is 17.5 Å². The zero-order valence-corrected chi connectivity index (χ0v) is 12.7. The third-order valence-corrected chi connectivity index (χ3v) is 3.43. The highest BCUT2D eigenvalue weighted by atomic mass is 19.4. The van der Waals surface area contributed by atoms with Crippen LogP contribution in [-0.4, -0.2) is 32.2 Å². The SMILES string of the molecule is Cn1nc(C(F)(F)F)cc1Oc1cncc(C(=O)NCC2CC2)n1. The van der Waals surface area contributed by atoms with Gasteiger partial charge in [-0.2, -0.15) is 18.3 Å². The van der Waals surface area contributed by atoms with Crippen molar-refractivity contribution < 1.29 is 22.7 Å². The Balaban J connectivity index is 1.72. The average Bonchev–Trinajstić information content (AvgIpc) is 3.28. The normalized spacial score (nSPS) is 14.5. The highest BCUT2D eigenvalue weighted by molar-refractivity contribution is 5.92. The fraction of sp³-hybridized carbons (Fsp3) is 0.429. The van der Waals surface area contributed by atoms with Gasteiger partial charge < -0.3 is 10.1 Å². The van der Waals surface area contributed by atoms with Crippen molar-refractivity contribution in [2.24, 2.45) is 13.0 Å². The third-order valence-electron chi connectivity index (χ3n) is 3.43. The molecule has 0 aromatic carbocycles. The van der Waals surface area contributed by atoms with Crippen LogP contribution in [0.1, 0.15) is 29.0 Å². The second kappa shape index (κ2) is 6.10. The van der Waals surface area contributed by atoms with E-state index < -0.39 is 17.8 Å². The van der Waals surface area contributed by atoms with Crippen LogP contribution in [-0.2, 0) is 13.2 Å². The summed E-state index contributed by atoms with van der Waals surface area (Å²) < 4.78 is 44.1. The molecule has 2 aromatic heterocycles. The van der Waals surface area contributed by atoms with Crippen LogP contribution in [0.3, 0.4) is 0 Å². The lowest BCUT2D eigenvalue weighted by Gasteiger charge is -2.06. The number of aromatic nitrogens is 4. The van der Waals surface area contributed by atoms with Crippen LogP contribution in [0, 0.1) is 5.92 Å². The van der Waals surface area contributed by atoms with Crippen LogP contribution in [0.4, 0.5) is 13.2 Å². The monoisotopic (exact) mass is 341 g/mol. The Morgan fingerprint density at radius 2 is 2.17 bits per heavy atom. The molecule has 10 heteroatoms. The summed E-state index contributed by atoms with van der Waals surface area (Å²) in [6.07, 6.45) is 0.0846. The quantitative estimate of drug-likeness (QED) is 0.901. The fourth-order valence-electron chi connectivity index (χ4n) is 1.95. The van der Waals surface area contributed by atoms with Crippen LogP contribution >= 0.6 is 0 Å². The Morgan fingerprint density at radius 3 is 2.79 bits per heavy atom. The van der Waals surface area contributed by atoms with Crippen molar-refractivity contribution in [2.45, 2.75) is 19.0 Å². The molecule has 0 radical (unpaired) electrons. The maximum absolute atomic E-state index is 12.6. The van der Waals surface area contributed by atoms with E-state index in [2.05, 4.69) is 20.4 Å². The first kappa shape index (κ1) is 16.2. The molecule has 1 aliphatic carbocycles. The largest absolute Gasteiger partial charge is 0.435 e. The Morgan fingerprint density at radius 1 is 1.42 bits per heavy atom. The summed E-state index contributed by atoms with van der Waals surface area (Å²) in [5, 5.41) is 6.05. The van der Waals surface area contributed by atoms with Crippen molar-refractivity contribution in [1.29, 1.82) is 0 Å². The Hall–Kier alpha value is -2.65. The van der Waals surface area contributed by atoms with Gasteiger partial charge in [-0.05, 0) is 18.8 Å². The molecule has 0 atom stereocenters. The molecule has 0 saturated heterocycles. The van der Waals surface area contributed by atoms with E-state index in [4.69, 9.17) is 4.74 Å². The minimum absolute atomic E-state index is 0.0337. The zero-order chi connectivity index (χ0) is 17.3. The number of ether oxygens (including phenoxy) is 1. The first-order valence-corrected chi connectivity index (χ1v) is 7.22. The first-order valence-electron chi connectivity index (χ1n) is 7.22. The molecule has 0 bridgehead atoms. The minimum atomic E-state index is -4.57. The van der Waals surface area contributed by atoms with E-state index in [1.807, 2.05) is 0 Å². The van der Waals surface area contributed by atoms with Crippen molar-refractivity contribution in [3.63, 3.8) is 0 Å². The molecule has 1 fully saturated rings. The predicted octanol–water partition coefficient (Wildman–Crippen LogP) is 2.16. The Kier molecular flexibility index (Phi) is 4.12. The lowest BCUT2D eigenvalue weighted by Crippen LogP contribution is -2.26. The second-order valence-electron chi connectivity index (χ2n) is 5.49. The van der Waals surface area contributed by atoms with Gasteiger partial charge in [-0.3, -0.25) is 9.78 Å². The van der Waals surface area contributed by atoms with Crippen molar-refractivity contribution in [3.8, 4) is 11.8 Å². The molecule has 0 aliphatic heterocycles. The maximum atomic E-state index is 12.6. The molecule has 128 valence electrons. The van der Waals surface area contributed by atoms with Gasteiger partial charge in [-0.1, -0.05) is 0 Å². The van der Waals surface area contributed by atoms with E-state index in [1.54, 1.807) is 0 Å². The number of carbonyl (C=O) groups is 1. The number of aryl methyl sites for hydroxylation is 1. The predicted molar refractivity (Wildman–Crippen MR) is 75.4 cm³/mol. The van der Waals surface area contributed by atoms with Gasteiger partial charge >= 0.3 is 6.18 Å². The topological polar surface area (TPSA) is 81.9 Å². The summed E-state index contributed by atoms with van der Waals surface area (Å²) in [6.45, 7) is 0.572. The maximum Gasteiger partial charge on any atom is 0.435 e. The highest BCUT2D eigenvalue weighted by Crippen LogP contribution is 2.31. The molecule has 0 unspecified atom stereocenters. The van der Waals surface area contributed by atoms with Crippen LogP contribution in [0.25, 0.3) is 0 Å². The van der Waals surface area contributed by atoms with Gasteiger partial charge in [-0.15, -0.1) is 0 Å². The summed E-state index contributed by atoms with van der Waals surface area (Å²) in [5.41, 5.74) is -1.04. The van der Waals surface area contributed by atoms with Crippen molar-refractivity contribution >= 4 is 5.91 Å². The van der Waals surface area contributed by atoms with E-state index in [9.17, 15) is 18.0 Å². The van der Waals surface area contributed by atoms with E-state index >= 15 is 0 Å². The standard InChI is InChI=1S/C14H14F3N5O2/c1-22-12(4-10(21-22)14(15,16)17)24-11-7-18-6-9(20-11)13(23)19-5-8-2-3-8/h4,6-8H,2-3,5H2,1H3,(H,19,23). The number of nitrogens with zero attached hydrogens (tertiary/aromatic N) is 4. The summed E-state index contributed by atoms with van der Waals surface area (Å²) in [5.74, 6) is -0.143. The van der Waals surface area contributed by atoms with Crippen LogP contribution in [0.5, 0.6) is 11.8 Å². The van der Waals surface area contributed by atoms with Crippen molar-refractivity contribution in [1.82, 2.24) is 25.1 Å². The highest BCUT2D eigenvalue weighted by Gasteiger charge is 2.35. The number of carbonyl (C=O) groups excluding carboxylic acids is 1. The fourth-order valence-corrected chi connectivity index (χ4v) is 1.95. The van der Waals surface area contributed by atoms with Crippen LogP contribution in [0.2, 0.25) is 0 Å². The number of hydrogen-bond acceptors (Lipinski definition) is 5. The minimum Gasteiger partial charge on any atom is -0.419 e. The number of halogens is 3. The molecular formula is C14H14F3N5O2. The Labute approximate surface area is 134 Å². The average molecular weight is 341 g/mol. The van der Waals surface area contributed by atoms with Crippen molar-refractivity contribution in [2.75, 3.05) is 6.54 Å². The lowest BCUT2D eigenvalue weighted by atomic mass is 10.3. The molecule has 24 heavy (non-hydrogen) atoms. The lowest BCUT2D eigenvalue weighted by molar-refractivity contribution is -0.141. The number of hydrogen-bond donors (Lipinski definition) is 1. The first-order chi connectivity index (χ1) is 11.3. The molecule has 0 spiro atoms. The molecule has 1 amide bonds. The summed E-state index contributed by atoms with van der Waals surface area (Å²) in [4.78, 5) is 19.7. The number of nitrogens with one attached hydrogen (secondary N) is 1. The van der Waals surface area contributed by atoms with Gasteiger partial charge in [0.1, 0.15) is 5.69 Å². The molecule has 2 aromatic rings. The molecule has 3 rings (SSSR count). The summed E-state index contributed by atoms with van der Waals surface area (Å²) in [6, 6.07) is 0.752. The number of amides is 1. The van der Waals surface area contributed by atoms with Gasteiger partial charge in [0.05, 0.1) is 12.4 Å². The zero-order valence-electron chi connectivity index (χ0n) is 12.7. The van der Waals surface area contributed by atoms with E-state index in [1.165, 1.54) is 19.4 Å². The molecular weight excluding hydrogens is 327 g/mol. The smallest absolute Gasteiger partial charge is 0.419 e. The van der Waals surface area contributed by atoms with Crippen LogP contribution in [0.15, 0.2) is 18.5 Å². The third kappa shape index (κ3) is 3.81. The molecule has 1 aliphatic rings. The van der Waals surface area contributed by atoms with Gasteiger partial charge in [0.2, 0.25) is 11.8 Å². The van der Waals surface area contributed by atoms with Crippen LogP contribution < -0.4 is 10.1 Å². The second-order valence-corrected chi connectivity index (χ2v) is 5.49. The number of rotatable bonds is 5. The van der Waals surface area contributed by atoms with Gasteiger partial charge in [0.15, 0.2) is 5.69 Å². The van der Waals surface area contributed by atoms with Gasteiger partial charge in [0, 0.05) is 19.7 Å². The summed E-state index contributed by atoms with van der Waals surface area (Å²) in [7, 11) is 1.31. The van der Waals surface area contributed by atoms with E-state index in [0.717, 1.165) is 23.6 Å².